The van der Waals surface area contributed by atoms with Crippen molar-refractivity contribution in [2.75, 3.05) is 26.7 Å². The summed E-state index contributed by atoms with van der Waals surface area (Å²) in [6, 6.07) is 12.9. The number of hydrogen-bond donors (Lipinski definition) is 1. The molecule has 26 heavy (non-hydrogen) atoms. The fourth-order valence-corrected chi connectivity index (χ4v) is 2.68. The van der Waals surface area contributed by atoms with E-state index in [1.54, 1.807) is 24.1 Å². The third kappa shape index (κ3) is 4.89. The van der Waals surface area contributed by atoms with Crippen LogP contribution in [0, 0.1) is 0 Å². The lowest BCUT2D eigenvalue weighted by molar-refractivity contribution is 0.195. The molecule has 136 valence electrons. The molecule has 0 atom stereocenters. The van der Waals surface area contributed by atoms with E-state index >= 15 is 0 Å². The number of halogens is 1. The highest BCUT2D eigenvalue weighted by Crippen LogP contribution is 2.16. The Bertz CT molecular complexity index is 848. The average Bonchev–Trinajstić information content (AvgIpc) is 3.04. The molecule has 6 nitrogen and oxygen atoms in total. The summed E-state index contributed by atoms with van der Waals surface area (Å²) in [6.45, 7) is 1.41. The van der Waals surface area contributed by atoms with Gasteiger partial charge in [0.15, 0.2) is 0 Å². The lowest BCUT2D eigenvalue weighted by Crippen LogP contribution is -2.40. The number of rotatable bonds is 7. The number of imidazole rings is 1. The summed E-state index contributed by atoms with van der Waals surface area (Å²) in [5.74, 6) is 0.693. The van der Waals surface area contributed by atoms with Crippen molar-refractivity contribution in [1.82, 2.24) is 19.6 Å². The van der Waals surface area contributed by atoms with Crippen LogP contribution in [-0.2, 0) is 6.42 Å². The number of nitrogens with one attached hydrogen (secondary N) is 1. The highest BCUT2D eigenvalue weighted by molar-refractivity contribution is 6.30. The van der Waals surface area contributed by atoms with Crippen molar-refractivity contribution >= 4 is 23.3 Å². The number of hydrogen-bond acceptors (Lipinski definition) is 3. The highest BCUT2D eigenvalue weighted by atomic mass is 35.5. The Kier molecular flexibility index (Phi) is 5.96. The van der Waals surface area contributed by atoms with Gasteiger partial charge in [-0.1, -0.05) is 23.7 Å². The van der Waals surface area contributed by atoms with E-state index in [1.807, 2.05) is 47.1 Å². The number of benzene rings is 1. The molecule has 0 spiro atoms. The molecule has 0 aliphatic carbocycles. The van der Waals surface area contributed by atoms with Crippen LogP contribution in [0.2, 0.25) is 5.02 Å². The number of fused-ring (bicyclic) bond motifs is 1. The van der Waals surface area contributed by atoms with Gasteiger partial charge in [0.05, 0.1) is 12.2 Å². The Morgan fingerprint density at radius 2 is 2.19 bits per heavy atom. The van der Waals surface area contributed by atoms with E-state index in [-0.39, 0.29) is 6.03 Å². The molecule has 2 amide bonds. The maximum Gasteiger partial charge on any atom is 0.317 e. The summed E-state index contributed by atoms with van der Waals surface area (Å²) in [5.41, 5.74) is 1.85. The van der Waals surface area contributed by atoms with Gasteiger partial charge in [0.1, 0.15) is 18.0 Å². The van der Waals surface area contributed by atoms with E-state index in [2.05, 4.69) is 10.3 Å². The minimum Gasteiger partial charge on any atom is -0.492 e. The van der Waals surface area contributed by atoms with Crippen molar-refractivity contribution in [3.63, 3.8) is 0 Å². The second kappa shape index (κ2) is 8.58. The van der Waals surface area contributed by atoms with Gasteiger partial charge in [0, 0.05) is 37.4 Å². The van der Waals surface area contributed by atoms with E-state index in [1.165, 1.54) is 0 Å². The average molecular weight is 373 g/mol. The van der Waals surface area contributed by atoms with Crippen LogP contribution in [0.3, 0.4) is 0 Å². The van der Waals surface area contributed by atoms with Gasteiger partial charge in [-0.15, -0.1) is 0 Å². The number of pyridine rings is 1. The summed E-state index contributed by atoms with van der Waals surface area (Å²) in [7, 11) is 1.74. The number of carbonyl (C=O) groups is 1. The summed E-state index contributed by atoms with van der Waals surface area (Å²) in [5, 5.41) is 3.52. The minimum atomic E-state index is -0.136. The van der Waals surface area contributed by atoms with Crippen LogP contribution < -0.4 is 10.1 Å². The van der Waals surface area contributed by atoms with Crippen LogP contribution in [0.1, 0.15) is 5.69 Å². The minimum absolute atomic E-state index is 0.136. The maximum absolute atomic E-state index is 12.1. The fraction of sp³-hybridized carbons (Fsp3) is 0.263. The normalized spacial score (nSPS) is 10.7. The van der Waals surface area contributed by atoms with Crippen molar-refractivity contribution in [2.24, 2.45) is 0 Å². The molecule has 0 saturated carbocycles. The Hall–Kier alpha value is -2.73. The van der Waals surface area contributed by atoms with Crippen LogP contribution in [0.25, 0.3) is 5.65 Å². The highest BCUT2D eigenvalue weighted by Gasteiger charge is 2.08. The number of nitrogens with zero attached hydrogens (tertiary/aromatic N) is 3. The zero-order chi connectivity index (χ0) is 18.4. The van der Waals surface area contributed by atoms with Gasteiger partial charge in [-0.25, -0.2) is 9.78 Å². The smallest absolute Gasteiger partial charge is 0.317 e. The molecule has 0 bridgehead atoms. The van der Waals surface area contributed by atoms with Gasteiger partial charge in [-0.05, 0) is 30.3 Å². The maximum atomic E-state index is 12.1. The number of amides is 2. The lowest BCUT2D eigenvalue weighted by atomic mass is 10.3. The van der Waals surface area contributed by atoms with Gasteiger partial charge in [0.2, 0.25) is 0 Å². The summed E-state index contributed by atoms with van der Waals surface area (Å²) >= 11 is 5.91. The topological polar surface area (TPSA) is 58.9 Å². The SMILES string of the molecule is CN(CCOc1cccc(Cl)c1)C(=O)NCCc1cn2ccccc2n1. The molecule has 0 fully saturated rings. The molecule has 3 aromatic rings. The first-order valence-electron chi connectivity index (χ1n) is 8.42. The van der Waals surface area contributed by atoms with Crippen molar-refractivity contribution in [1.29, 1.82) is 0 Å². The van der Waals surface area contributed by atoms with Crippen LogP contribution in [0.5, 0.6) is 5.75 Å². The number of ether oxygens (including phenoxy) is 1. The van der Waals surface area contributed by atoms with E-state index < -0.39 is 0 Å². The molecule has 0 aliphatic rings. The molecule has 2 aromatic heterocycles. The molecule has 0 unspecified atom stereocenters. The molecule has 2 heterocycles. The van der Waals surface area contributed by atoms with Crippen molar-refractivity contribution in [2.45, 2.75) is 6.42 Å². The standard InChI is InChI=1S/C19H21ClN4O2/c1-23(11-12-26-17-6-4-5-15(20)13-17)19(25)21-9-8-16-14-24-10-3-2-7-18(24)22-16/h2-7,10,13-14H,8-9,11-12H2,1H3,(H,21,25). The zero-order valence-corrected chi connectivity index (χ0v) is 15.3. The summed E-state index contributed by atoms with van der Waals surface area (Å²) in [6.07, 6.45) is 4.61. The van der Waals surface area contributed by atoms with Crippen LogP contribution in [-0.4, -0.2) is 47.1 Å². The zero-order valence-electron chi connectivity index (χ0n) is 14.6. The molecule has 0 saturated heterocycles. The molecular formula is C19H21ClN4O2. The van der Waals surface area contributed by atoms with Crippen LogP contribution in [0.15, 0.2) is 54.9 Å². The van der Waals surface area contributed by atoms with Gasteiger partial charge < -0.3 is 19.4 Å². The van der Waals surface area contributed by atoms with Gasteiger partial charge in [-0.3, -0.25) is 0 Å². The predicted molar refractivity (Wildman–Crippen MR) is 102 cm³/mol. The van der Waals surface area contributed by atoms with E-state index in [0.717, 1.165) is 11.3 Å². The van der Waals surface area contributed by atoms with Crippen molar-refractivity contribution < 1.29 is 9.53 Å². The number of aromatic nitrogens is 2. The molecule has 0 aliphatic heterocycles. The third-order valence-corrected chi connectivity index (χ3v) is 4.14. The second-order valence-electron chi connectivity index (χ2n) is 5.91. The van der Waals surface area contributed by atoms with Crippen LogP contribution in [0.4, 0.5) is 4.79 Å². The number of urea groups is 1. The van der Waals surface area contributed by atoms with E-state index in [4.69, 9.17) is 16.3 Å². The van der Waals surface area contributed by atoms with Crippen molar-refractivity contribution in [3.8, 4) is 5.75 Å². The summed E-state index contributed by atoms with van der Waals surface area (Å²) < 4.78 is 7.56. The predicted octanol–water partition coefficient (Wildman–Crippen LogP) is 3.25. The molecular weight excluding hydrogens is 352 g/mol. The van der Waals surface area contributed by atoms with Gasteiger partial charge >= 0.3 is 6.03 Å². The quantitative estimate of drug-likeness (QED) is 0.692. The first-order valence-corrected chi connectivity index (χ1v) is 8.79. The Labute approximate surface area is 157 Å². The third-order valence-electron chi connectivity index (χ3n) is 3.91. The van der Waals surface area contributed by atoms with Crippen LogP contribution >= 0.6 is 11.6 Å². The molecule has 3 rings (SSSR count). The number of likely N-dealkylation sites (N-methyl/N-ethyl adjacent to an activating group) is 1. The monoisotopic (exact) mass is 372 g/mol. The molecule has 0 radical (unpaired) electrons. The first-order chi connectivity index (χ1) is 12.6. The Morgan fingerprint density at radius 3 is 3.00 bits per heavy atom. The van der Waals surface area contributed by atoms with Gasteiger partial charge in [-0.2, -0.15) is 0 Å². The van der Waals surface area contributed by atoms with E-state index in [9.17, 15) is 4.79 Å². The largest absolute Gasteiger partial charge is 0.492 e. The fourth-order valence-electron chi connectivity index (χ4n) is 2.50. The van der Waals surface area contributed by atoms with E-state index in [0.29, 0.717) is 36.9 Å². The summed E-state index contributed by atoms with van der Waals surface area (Å²) in [4.78, 5) is 18.2. The molecule has 7 heteroatoms. The number of carbonyl (C=O) groups excluding carboxylic acids is 1. The Morgan fingerprint density at radius 1 is 1.31 bits per heavy atom. The molecule has 1 N–H and O–H groups in total. The first kappa shape index (κ1) is 18.1. The Balaban J connectivity index is 1.38. The molecule has 1 aromatic carbocycles. The second-order valence-corrected chi connectivity index (χ2v) is 6.34. The lowest BCUT2D eigenvalue weighted by Gasteiger charge is -2.18. The van der Waals surface area contributed by atoms with Gasteiger partial charge in [0.25, 0.3) is 0 Å². The van der Waals surface area contributed by atoms with Crippen molar-refractivity contribution in [3.05, 3.63) is 65.6 Å².